The molecule has 0 amide bonds. The number of nitrogens with one attached hydrogen (secondary N) is 1. The molecule has 0 unspecified atom stereocenters. The maximum atomic E-state index is 3.54. The van der Waals surface area contributed by atoms with E-state index in [1.165, 1.54) is 10.0 Å². The van der Waals surface area contributed by atoms with E-state index < -0.39 is 0 Å². The van der Waals surface area contributed by atoms with Crippen molar-refractivity contribution in [2.24, 2.45) is 5.92 Å². The molecule has 14 heavy (non-hydrogen) atoms. The van der Waals surface area contributed by atoms with Crippen LogP contribution in [0.15, 0.2) is 28.7 Å². The Morgan fingerprint density at radius 1 is 1.21 bits per heavy atom. The molecule has 0 fully saturated rings. The third-order valence-electron chi connectivity index (χ3n) is 2.57. The predicted molar refractivity (Wildman–Crippen MR) is 65.3 cm³/mol. The van der Waals surface area contributed by atoms with Gasteiger partial charge in [-0.2, -0.15) is 0 Å². The van der Waals surface area contributed by atoms with Crippen molar-refractivity contribution < 1.29 is 0 Å². The first-order chi connectivity index (χ1) is 6.61. The highest BCUT2D eigenvalue weighted by Crippen LogP contribution is 2.15. The van der Waals surface area contributed by atoms with Crippen LogP contribution in [0.2, 0.25) is 0 Å². The second-order valence-electron chi connectivity index (χ2n) is 4.01. The molecular weight excluding hydrogens is 238 g/mol. The molecule has 0 aliphatic carbocycles. The van der Waals surface area contributed by atoms with E-state index in [2.05, 4.69) is 60.2 Å². The average molecular weight is 256 g/mol. The van der Waals surface area contributed by atoms with Crippen LogP contribution >= 0.6 is 15.9 Å². The van der Waals surface area contributed by atoms with E-state index in [0.29, 0.717) is 12.0 Å². The van der Waals surface area contributed by atoms with E-state index in [-0.39, 0.29) is 0 Å². The van der Waals surface area contributed by atoms with Gasteiger partial charge < -0.3 is 5.32 Å². The maximum absolute atomic E-state index is 3.54. The van der Waals surface area contributed by atoms with Crippen molar-refractivity contribution in [2.75, 3.05) is 0 Å². The number of rotatable bonds is 4. The van der Waals surface area contributed by atoms with Gasteiger partial charge in [0.1, 0.15) is 0 Å². The van der Waals surface area contributed by atoms with Crippen LogP contribution in [0.25, 0.3) is 0 Å². The van der Waals surface area contributed by atoms with Gasteiger partial charge in [0.2, 0.25) is 0 Å². The zero-order valence-corrected chi connectivity index (χ0v) is 10.6. The molecule has 0 saturated carbocycles. The van der Waals surface area contributed by atoms with Gasteiger partial charge in [0, 0.05) is 17.1 Å². The number of hydrogen-bond acceptors (Lipinski definition) is 1. The van der Waals surface area contributed by atoms with Crippen molar-refractivity contribution in [2.45, 2.75) is 33.4 Å². The molecule has 78 valence electrons. The average Bonchev–Trinajstić information content (AvgIpc) is 2.16. The SMILES string of the molecule is CC(C)[C@H](C)NCc1ccccc1Br. The van der Waals surface area contributed by atoms with Gasteiger partial charge in [0.25, 0.3) is 0 Å². The van der Waals surface area contributed by atoms with Gasteiger partial charge in [-0.05, 0) is 24.5 Å². The van der Waals surface area contributed by atoms with Gasteiger partial charge in [-0.15, -0.1) is 0 Å². The molecule has 0 aliphatic heterocycles. The maximum Gasteiger partial charge on any atom is 0.0220 e. The molecule has 1 atom stereocenters. The van der Waals surface area contributed by atoms with Gasteiger partial charge in [0.15, 0.2) is 0 Å². The van der Waals surface area contributed by atoms with Crippen molar-refractivity contribution in [3.63, 3.8) is 0 Å². The molecular formula is C12H18BrN. The molecule has 0 aromatic heterocycles. The first-order valence-corrected chi connectivity index (χ1v) is 5.87. The quantitative estimate of drug-likeness (QED) is 0.868. The highest BCUT2D eigenvalue weighted by atomic mass is 79.9. The Morgan fingerprint density at radius 2 is 1.86 bits per heavy atom. The zero-order chi connectivity index (χ0) is 10.6. The van der Waals surface area contributed by atoms with E-state index in [1.807, 2.05) is 6.07 Å². The Bertz CT molecular complexity index is 283. The van der Waals surface area contributed by atoms with E-state index >= 15 is 0 Å². The standard InChI is InChI=1S/C12H18BrN/c1-9(2)10(3)14-8-11-6-4-5-7-12(11)13/h4-7,9-10,14H,8H2,1-3H3/t10-/m0/s1. The fraction of sp³-hybridized carbons (Fsp3) is 0.500. The van der Waals surface area contributed by atoms with Crippen LogP contribution in [0, 0.1) is 5.92 Å². The summed E-state index contributed by atoms with van der Waals surface area (Å²) in [6.07, 6.45) is 0. The van der Waals surface area contributed by atoms with E-state index in [4.69, 9.17) is 0 Å². The monoisotopic (exact) mass is 255 g/mol. The number of halogens is 1. The van der Waals surface area contributed by atoms with Crippen molar-refractivity contribution in [3.8, 4) is 0 Å². The lowest BCUT2D eigenvalue weighted by molar-refractivity contribution is 0.426. The summed E-state index contributed by atoms with van der Waals surface area (Å²) >= 11 is 3.54. The van der Waals surface area contributed by atoms with Crippen molar-refractivity contribution in [1.82, 2.24) is 5.32 Å². The molecule has 1 aromatic carbocycles. The van der Waals surface area contributed by atoms with Gasteiger partial charge in [-0.3, -0.25) is 0 Å². The molecule has 0 aliphatic rings. The summed E-state index contributed by atoms with van der Waals surface area (Å²) in [4.78, 5) is 0. The molecule has 0 saturated heterocycles. The lowest BCUT2D eigenvalue weighted by Crippen LogP contribution is -2.30. The Morgan fingerprint density at radius 3 is 2.43 bits per heavy atom. The Kier molecular flexibility index (Phi) is 4.63. The summed E-state index contributed by atoms with van der Waals surface area (Å²) in [5, 5.41) is 3.51. The third-order valence-corrected chi connectivity index (χ3v) is 3.35. The van der Waals surface area contributed by atoms with E-state index in [9.17, 15) is 0 Å². The van der Waals surface area contributed by atoms with Crippen LogP contribution in [0.3, 0.4) is 0 Å². The van der Waals surface area contributed by atoms with Crippen molar-refractivity contribution in [1.29, 1.82) is 0 Å². The fourth-order valence-electron chi connectivity index (χ4n) is 1.15. The molecule has 1 aromatic rings. The third kappa shape index (κ3) is 3.43. The van der Waals surface area contributed by atoms with Crippen LogP contribution in [0.1, 0.15) is 26.3 Å². The first-order valence-electron chi connectivity index (χ1n) is 5.08. The number of hydrogen-bond donors (Lipinski definition) is 1. The fourth-order valence-corrected chi connectivity index (χ4v) is 1.57. The molecule has 0 bridgehead atoms. The molecule has 1 rings (SSSR count). The zero-order valence-electron chi connectivity index (χ0n) is 9.05. The highest BCUT2D eigenvalue weighted by Gasteiger charge is 2.06. The van der Waals surface area contributed by atoms with Crippen LogP contribution in [0.4, 0.5) is 0 Å². The Hall–Kier alpha value is -0.340. The Balaban J connectivity index is 2.50. The van der Waals surface area contributed by atoms with Gasteiger partial charge >= 0.3 is 0 Å². The molecule has 0 radical (unpaired) electrons. The summed E-state index contributed by atoms with van der Waals surface area (Å²) < 4.78 is 1.18. The smallest absolute Gasteiger partial charge is 0.0220 e. The highest BCUT2D eigenvalue weighted by molar-refractivity contribution is 9.10. The van der Waals surface area contributed by atoms with Crippen LogP contribution in [-0.4, -0.2) is 6.04 Å². The predicted octanol–water partition coefficient (Wildman–Crippen LogP) is 3.58. The second kappa shape index (κ2) is 5.52. The van der Waals surface area contributed by atoms with Crippen LogP contribution in [0.5, 0.6) is 0 Å². The largest absolute Gasteiger partial charge is 0.310 e. The lowest BCUT2D eigenvalue weighted by Gasteiger charge is -2.17. The van der Waals surface area contributed by atoms with Crippen LogP contribution < -0.4 is 5.32 Å². The van der Waals surface area contributed by atoms with Crippen LogP contribution in [-0.2, 0) is 6.54 Å². The minimum atomic E-state index is 0.558. The summed E-state index contributed by atoms with van der Waals surface area (Å²) in [5.41, 5.74) is 1.32. The summed E-state index contributed by atoms with van der Waals surface area (Å²) in [7, 11) is 0. The van der Waals surface area contributed by atoms with Gasteiger partial charge in [0.05, 0.1) is 0 Å². The van der Waals surface area contributed by atoms with Gasteiger partial charge in [-0.25, -0.2) is 0 Å². The summed E-state index contributed by atoms with van der Waals surface area (Å²) in [5.74, 6) is 0.678. The number of benzene rings is 1. The minimum absolute atomic E-state index is 0.558. The first kappa shape index (κ1) is 11.7. The molecule has 1 N–H and O–H groups in total. The van der Waals surface area contributed by atoms with Crippen molar-refractivity contribution in [3.05, 3.63) is 34.3 Å². The Labute approximate surface area is 95.0 Å². The van der Waals surface area contributed by atoms with E-state index in [0.717, 1.165) is 6.54 Å². The normalized spacial score (nSPS) is 13.2. The molecule has 1 nitrogen and oxygen atoms in total. The topological polar surface area (TPSA) is 12.0 Å². The molecule has 0 spiro atoms. The van der Waals surface area contributed by atoms with Gasteiger partial charge in [-0.1, -0.05) is 48.0 Å². The summed E-state index contributed by atoms with van der Waals surface area (Å²) in [6, 6.07) is 8.89. The lowest BCUT2D eigenvalue weighted by atomic mass is 10.1. The summed E-state index contributed by atoms with van der Waals surface area (Å²) in [6.45, 7) is 7.62. The molecule has 0 heterocycles. The second-order valence-corrected chi connectivity index (χ2v) is 4.86. The molecule has 2 heteroatoms. The van der Waals surface area contributed by atoms with Crippen molar-refractivity contribution >= 4 is 15.9 Å². The minimum Gasteiger partial charge on any atom is -0.310 e. The van der Waals surface area contributed by atoms with E-state index in [1.54, 1.807) is 0 Å².